The van der Waals surface area contributed by atoms with Crippen LogP contribution in [0.5, 0.6) is 0 Å². The number of carbonyl (C=O) groups excluding carboxylic acids is 1. The molecule has 0 unspecified atom stereocenters. The SMILES string of the molecule is CCSc1nnc(NC(=O)C[C@H]2C[C@H]3CC[C@@H]2C3)s1. The van der Waals surface area contributed by atoms with Crippen LogP contribution in [-0.4, -0.2) is 21.9 Å². The molecule has 1 aromatic heterocycles. The topological polar surface area (TPSA) is 54.9 Å². The quantitative estimate of drug-likeness (QED) is 0.668. The van der Waals surface area contributed by atoms with Crippen molar-refractivity contribution in [2.24, 2.45) is 17.8 Å². The molecule has 1 N–H and O–H groups in total. The van der Waals surface area contributed by atoms with Gasteiger partial charge in [-0.15, -0.1) is 10.2 Å². The molecule has 4 nitrogen and oxygen atoms in total. The molecular weight excluding hydrogens is 278 g/mol. The average Bonchev–Trinajstić information content (AvgIpc) is 3.06. The van der Waals surface area contributed by atoms with Crippen LogP contribution in [0.1, 0.15) is 39.0 Å². The van der Waals surface area contributed by atoms with Gasteiger partial charge in [-0.1, -0.05) is 36.4 Å². The first-order valence-corrected chi connectivity index (χ1v) is 8.81. The summed E-state index contributed by atoms with van der Waals surface area (Å²) >= 11 is 3.13. The maximum atomic E-state index is 12.0. The third kappa shape index (κ3) is 3.11. The van der Waals surface area contributed by atoms with Crippen molar-refractivity contribution in [3.8, 4) is 0 Å². The smallest absolute Gasteiger partial charge is 0.226 e. The van der Waals surface area contributed by atoms with E-state index in [1.54, 1.807) is 11.8 Å². The Morgan fingerprint density at radius 2 is 2.32 bits per heavy atom. The summed E-state index contributed by atoms with van der Waals surface area (Å²) in [5.74, 6) is 3.40. The van der Waals surface area contributed by atoms with Crippen molar-refractivity contribution in [2.45, 2.75) is 43.4 Å². The third-order valence-electron chi connectivity index (χ3n) is 4.25. The van der Waals surface area contributed by atoms with E-state index in [9.17, 15) is 4.79 Å². The molecule has 19 heavy (non-hydrogen) atoms. The normalized spacial score (nSPS) is 28.8. The van der Waals surface area contributed by atoms with Gasteiger partial charge >= 0.3 is 0 Å². The molecule has 1 aromatic rings. The summed E-state index contributed by atoms with van der Waals surface area (Å²) in [5, 5.41) is 11.6. The lowest BCUT2D eigenvalue weighted by molar-refractivity contribution is -0.117. The van der Waals surface area contributed by atoms with E-state index in [4.69, 9.17) is 0 Å². The van der Waals surface area contributed by atoms with Crippen LogP contribution in [0.4, 0.5) is 5.13 Å². The highest BCUT2D eigenvalue weighted by atomic mass is 32.2. The largest absolute Gasteiger partial charge is 0.300 e. The van der Waals surface area contributed by atoms with Crippen molar-refractivity contribution in [1.29, 1.82) is 0 Å². The Bertz CT molecular complexity index is 462. The molecular formula is C13H19N3OS2. The van der Waals surface area contributed by atoms with Gasteiger partial charge in [-0.05, 0) is 42.8 Å². The highest BCUT2D eigenvalue weighted by molar-refractivity contribution is 8.01. The van der Waals surface area contributed by atoms with Crippen LogP contribution in [0.3, 0.4) is 0 Å². The minimum Gasteiger partial charge on any atom is -0.300 e. The van der Waals surface area contributed by atoms with E-state index in [1.807, 2.05) is 0 Å². The summed E-state index contributed by atoms with van der Waals surface area (Å²) in [6, 6.07) is 0. The van der Waals surface area contributed by atoms with Gasteiger partial charge in [0.2, 0.25) is 11.0 Å². The van der Waals surface area contributed by atoms with Gasteiger partial charge in [0.15, 0.2) is 4.34 Å². The molecule has 0 aromatic carbocycles. The summed E-state index contributed by atoms with van der Waals surface area (Å²) < 4.78 is 0.928. The molecule has 2 aliphatic rings. The van der Waals surface area contributed by atoms with E-state index in [0.717, 1.165) is 21.9 Å². The molecule has 6 heteroatoms. The molecule has 1 amide bonds. The molecule has 0 aliphatic heterocycles. The predicted molar refractivity (Wildman–Crippen MR) is 78.5 cm³/mol. The van der Waals surface area contributed by atoms with E-state index < -0.39 is 0 Å². The molecule has 0 saturated heterocycles. The number of hydrogen-bond acceptors (Lipinski definition) is 5. The monoisotopic (exact) mass is 297 g/mol. The zero-order valence-electron chi connectivity index (χ0n) is 11.1. The zero-order valence-corrected chi connectivity index (χ0v) is 12.7. The van der Waals surface area contributed by atoms with Crippen molar-refractivity contribution >= 4 is 34.1 Å². The second-order valence-corrected chi connectivity index (χ2v) is 7.98. The zero-order chi connectivity index (χ0) is 13.2. The van der Waals surface area contributed by atoms with Gasteiger partial charge in [0.05, 0.1) is 0 Å². The minimum atomic E-state index is 0.113. The van der Waals surface area contributed by atoms with Gasteiger partial charge in [-0.3, -0.25) is 4.79 Å². The van der Waals surface area contributed by atoms with E-state index in [-0.39, 0.29) is 5.91 Å². The number of carbonyl (C=O) groups is 1. The Kier molecular flexibility index (Phi) is 4.07. The summed E-state index contributed by atoms with van der Waals surface area (Å²) in [6.45, 7) is 2.08. The van der Waals surface area contributed by atoms with Crippen LogP contribution in [-0.2, 0) is 4.79 Å². The third-order valence-corrected chi connectivity index (χ3v) is 6.11. The van der Waals surface area contributed by atoms with Crippen molar-refractivity contribution in [3.63, 3.8) is 0 Å². The van der Waals surface area contributed by atoms with E-state index >= 15 is 0 Å². The number of hydrogen-bond donors (Lipinski definition) is 1. The van der Waals surface area contributed by atoms with E-state index in [2.05, 4.69) is 22.4 Å². The number of thioether (sulfide) groups is 1. The highest BCUT2D eigenvalue weighted by Crippen LogP contribution is 2.49. The molecule has 104 valence electrons. The van der Waals surface area contributed by atoms with Crippen LogP contribution in [0.25, 0.3) is 0 Å². The Hall–Kier alpha value is -0.620. The number of nitrogens with zero attached hydrogens (tertiary/aromatic N) is 2. The lowest BCUT2D eigenvalue weighted by atomic mass is 9.86. The number of anilines is 1. The van der Waals surface area contributed by atoms with Gasteiger partial charge in [0, 0.05) is 6.42 Å². The lowest BCUT2D eigenvalue weighted by Crippen LogP contribution is -2.20. The minimum absolute atomic E-state index is 0.113. The van der Waals surface area contributed by atoms with Crippen molar-refractivity contribution in [2.75, 3.05) is 11.1 Å². The number of nitrogens with one attached hydrogen (secondary N) is 1. The Morgan fingerprint density at radius 1 is 1.42 bits per heavy atom. The first-order valence-electron chi connectivity index (χ1n) is 7.00. The number of fused-ring (bicyclic) bond motifs is 2. The summed E-state index contributed by atoms with van der Waals surface area (Å²) in [4.78, 5) is 12.0. The van der Waals surface area contributed by atoms with E-state index in [1.165, 1.54) is 37.0 Å². The van der Waals surface area contributed by atoms with Crippen LogP contribution >= 0.6 is 23.1 Å². The Morgan fingerprint density at radius 3 is 3.00 bits per heavy atom. The summed E-state index contributed by atoms with van der Waals surface area (Å²) in [5.41, 5.74) is 0. The van der Waals surface area contributed by atoms with Crippen LogP contribution in [0.2, 0.25) is 0 Å². The maximum Gasteiger partial charge on any atom is 0.226 e. The molecule has 2 fully saturated rings. The summed E-state index contributed by atoms with van der Waals surface area (Å²) in [6.07, 6.45) is 5.99. The molecule has 2 aliphatic carbocycles. The van der Waals surface area contributed by atoms with Crippen LogP contribution in [0, 0.1) is 17.8 Å². The van der Waals surface area contributed by atoms with Gasteiger partial charge in [-0.2, -0.15) is 0 Å². The number of rotatable bonds is 5. The molecule has 2 saturated carbocycles. The van der Waals surface area contributed by atoms with Crippen LogP contribution in [0.15, 0.2) is 4.34 Å². The average molecular weight is 297 g/mol. The fraction of sp³-hybridized carbons (Fsp3) is 0.769. The van der Waals surface area contributed by atoms with Gasteiger partial charge in [-0.25, -0.2) is 0 Å². The van der Waals surface area contributed by atoms with Gasteiger partial charge < -0.3 is 5.32 Å². The highest BCUT2D eigenvalue weighted by Gasteiger charge is 2.40. The van der Waals surface area contributed by atoms with Gasteiger partial charge in [0.1, 0.15) is 0 Å². The summed E-state index contributed by atoms with van der Waals surface area (Å²) in [7, 11) is 0. The first kappa shape index (κ1) is 13.4. The number of aromatic nitrogens is 2. The van der Waals surface area contributed by atoms with Crippen molar-refractivity contribution in [1.82, 2.24) is 10.2 Å². The first-order chi connectivity index (χ1) is 9.24. The molecule has 3 rings (SSSR count). The van der Waals surface area contributed by atoms with Crippen molar-refractivity contribution < 1.29 is 4.79 Å². The molecule has 1 heterocycles. The molecule has 0 radical (unpaired) electrons. The maximum absolute atomic E-state index is 12.0. The molecule has 0 spiro atoms. The molecule has 2 bridgehead atoms. The molecule has 3 atom stereocenters. The lowest BCUT2D eigenvalue weighted by Gasteiger charge is -2.20. The second-order valence-electron chi connectivity index (χ2n) is 5.49. The fourth-order valence-electron chi connectivity index (χ4n) is 3.48. The van der Waals surface area contributed by atoms with Crippen LogP contribution < -0.4 is 5.32 Å². The number of amides is 1. The van der Waals surface area contributed by atoms with E-state index in [0.29, 0.717) is 17.5 Å². The standard InChI is InChI=1S/C13H19N3OS2/c1-2-18-13-16-15-12(19-13)14-11(17)7-10-6-8-3-4-9(10)5-8/h8-10H,2-7H2,1H3,(H,14,15,17)/t8-,9+,10+/m0/s1. The van der Waals surface area contributed by atoms with Gasteiger partial charge in [0.25, 0.3) is 0 Å². The Balaban J connectivity index is 1.50. The Labute approximate surface area is 121 Å². The second kappa shape index (κ2) is 5.79. The van der Waals surface area contributed by atoms with Crippen molar-refractivity contribution in [3.05, 3.63) is 0 Å². The fourth-order valence-corrected chi connectivity index (χ4v) is 5.14. The predicted octanol–water partition coefficient (Wildman–Crippen LogP) is 3.41.